The Balaban J connectivity index is 1.97. The van der Waals surface area contributed by atoms with Gasteiger partial charge in [0.05, 0.1) is 11.8 Å². The van der Waals surface area contributed by atoms with Crippen LogP contribution in [0.2, 0.25) is 0 Å². The molecule has 1 N–H and O–H groups in total. The molecule has 1 fully saturated rings. The molecule has 5 heteroatoms. The number of aromatic nitrogens is 1. The van der Waals surface area contributed by atoms with Crippen LogP contribution in [0.15, 0.2) is 0 Å². The lowest BCUT2D eigenvalue weighted by Gasteiger charge is -2.30. The number of rotatable bonds is 4. The lowest BCUT2D eigenvalue weighted by Crippen LogP contribution is -2.36. The second-order valence-corrected chi connectivity index (χ2v) is 7.59. The monoisotopic (exact) mass is 297 g/mol. The quantitative estimate of drug-likeness (QED) is 0.927. The number of ether oxygens (including phenoxy) is 1. The molecule has 0 aromatic carbocycles. The first-order valence-electron chi connectivity index (χ1n) is 7.38. The Morgan fingerprint density at radius 1 is 1.35 bits per heavy atom. The summed E-state index contributed by atoms with van der Waals surface area (Å²) in [4.78, 5) is 8.50. The maximum Gasteiger partial charge on any atom is 0.185 e. The van der Waals surface area contributed by atoms with Gasteiger partial charge in [-0.1, -0.05) is 0 Å². The van der Waals surface area contributed by atoms with Crippen LogP contribution in [0.5, 0.6) is 0 Å². The van der Waals surface area contributed by atoms with Crippen molar-refractivity contribution in [2.24, 2.45) is 0 Å². The zero-order chi connectivity index (χ0) is 14.8. The molecule has 1 aromatic heterocycles. The van der Waals surface area contributed by atoms with Crippen molar-refractivity contribution in [3.63, 3.8) is 0 Å². The molecule has 0 aliphatic carbocycles. The standard InChI is InChI=1S/C15H27N3OS/c1-11-13(10-16-15(2,3)4)20-14(17-11)18-8-6-12(19-5)7-9-18/h12,16H,6-10H2,1-5H3. The predicted octanol–water partition coefficient (Wildman–Crippen LogP) is 2.95. The summed E-state index contributed by atoms with van der Waals surface area (Å²) in [6.45, 7) is 11.7. The highest BCUT2D eigenvalue weighted by atomic mass is 32.1. The van der Waals surface area contributed by atoms with E-state index < -0.39 is 0 Å². The van der Waals surface area contributed by atoms with Gasteiger partial charge in [0.25, 0.3) is 0 Å². The third kappa shape index (κ3) is 4.17. The van der Waals surface area contributed by atoms with Crippen LogP contribution in [0.25, 0.3) is 0 Å². The van der Waals surface area contributed by atoms with Crippen LogP contribution in [0.4, 0.5) is 5.13 Å². The normalized spacial score (nSPS) is 17.8. The van der Waals surface area contributed by atoms with E-state index in [4.69, 9.17) is 9.72 Å². The average Bonchev–Trinajstić information content (AvgIpc) is 2.77. The largest absolute Gasteiger partial charge is 0.381 e. The van der Waals surface area contributed by atoms with Crippen LogP contribution in [-0.2, 0) is 11.3 Å². The van der Waals surface area contributed by atoms with Gasteiger partial charge in [0.15, 0.2) is 5.13 Å². The molecule has 0 saturated carbocycles. The number of aryl methyl sites for hydroxylation is 1. The van der Waals surface area contributed by atoms with Crippen LogP contribution in [0, 0.1) is 6.92 Å². The van der Waals surface area contributed by atoms with Gasteiger partial charge in [-0.2, -0.15) is 0 Å². The molecule has 0 spiro atoms. The van der Waals surface area contributed by atoms with Crippen molar-refractivity contribution in [3.05, 3.63) is 10.6 Å². The Morgan fingerprint density at radius 2 is 2.00 bits per heavy atom. The lowest BCUT2D eigenvalue weighted by molar-refractivity contribution is 0.0819. The highest BCUT2D eigenvalue weighted by molar-refractivity contribution is 7.15. The van der Waals surface area contributed by atoms with Crippen molar-refractivity contribution in [2.45, 2.75) is 58.7 Å². The van der Waals surface area contributed by atoms with Crippen LogP contribution in [0.1, 0.15) is 44.2 Å². The third-order valence-corrected chi connectivity index (χ3v) is 4.92. The molecule has 0 atom stereocenters. The zero-order valence-electron chi connectivity index (χ0n) is 13.3. The Kier molecular flexibility index (Phi) is 5.04. The number of methoxy groups -OCH3 is 1. The summed E-state index contributed by atoms with van der Waals surface area (Å²) in [6.07, 6.45) is 2.63. The van der Waals surface area contributed by atoms with Crippen LogP contribution >= 0.6 is 11.3 Å². The fraction of sp³-hybridized carbons (Fsp3) is 0.800. The molecule has 114 valence electrons. The van der Waals surface area contributed by atoms with Crippen molar-refractivity contribution in [2.75, 3.05) is 25.1 Å². The van der Waals surface area contributed by atoms with Crippen LogP contribution in [-0.4, -0.2) is 36.8 Å². The first kappa shape index (κ1) is 15.7. The molecule has 0 bridgehead atoms. The number of nitrogens with zero attached hydrogens (tertiary/aromatic N) is 2. The minimum atomic E-state index is 0.146. The van der Waals surface area contributed by atoms with E-state index in [0.29, 0.717) is 6.10 Å². The van der Waals surface area contributed by atoms with Crippen molar-refractivity contribution in [1.82, 2.24) is 10.3 Å². The third-order valence-electron chi connectivity index (χ3n) is 3.71. The molecule has 1 aromatic rings. The summed E-state index contributed by atoms with van der Waals surface area (Å²) in [5.41, 5.74) is 1.31. The molecule has 0 radical (unpaired) electrons. The molecule has 1 saturated heterocycles. The van der Waals surface area contributed by atoms with Gasteiger partial charge in [0, 0.05) is 37.2 Å². The number of piperidine rings is 1. The topological polar surface area (TPSA) is 37.4 Å². The van der Waals surface area contributed by atoms with Crippen molar-refractivity contribution < 1.29 is 4.74 Å². The second-order valence-electron chi connectivity index (χ2n) is 6.53. The second kappa shape index (κ2) is 6.41. The molecule has 0 amide bonds. The highest BCUT2D eigenvalue weighted by Gasteiger charge is 2.22. The number of thiazole rings is 1. The molecule has 4 nitrogen and oxygen atoms in total. The first-order valence-corrected chi connectivity index (χ1v) is 8.20. The first-order chi connectivity index (χ1) is 9.39. The Bertz CT molecular complexity index is 431. The maximum absolute atomic E-state index is 5.43. The van der Waals surface area contributed by atoms with E-state index in [9.17, 15) is 0 Å². The molecule has 1 aliphatic rings. The predicted molar refractivity (Wildman–Crippen MR) is 85.7 cm³/mol. The molecule has 0 unspecified atom stereocenters. The summed E-state index contributed by atoms with van der Waals surface area (Å²) < 4.78 is 5.43. The summed E-state index contributed by atoms with van der Waals surface area (Å²) in [6, 6.07) is 0. The van der Waals surface area contributed by atoms with E-state index in [0.717, 1.165) is 38.2 Å². The van der Waals surface area contributed by atoms with Gasteiger partial charge in [-0.3, -0.25) is 0 Å². The molecule has 20 heavy (non-hydrogen) atoms. The Labute approximate surface area is 126 Å². The van der Waals surface area contributed by atoms with Gasteiger partial charge in [-0.15, -0.1) is 11.3 Å². The number of nitrogens with one attached hydrogen (secondary N) is 1. The van der Waals surface area contributed by atoms with Gasteiger partial charge in [0.1, 0.15) is 0 Å². The zero-order valence-corrected chi connectivity index (χ0v) is 14.1. The number of hydrogen-bond acceptors (Lipinski definition) is 5. The minimum Gasteiger partial charge on any atom is -0.381 e. The highest BCUT2D eigenvalue weighted by Crippen LogP contribution is 2.29. The summed E-state index contributed by atoms with van der Waals surface area (Å²) in [5.74, 6) is 0. The van der Waals surface area contributed by atoms with E-state index >= 15 is 0 Å². The fourth-order valence-electron chi connectivity index (χ4n) is 2.34. The van der Waals surface area contributed by atoms with Crippen LogP contribution < -0.4 is 10.2 Å². The van der Waals surface area contributed by atoms with E-state index in [2.05, 4.69) is 37.9 Å². The summed E-state index contributed by atoms with van der Waals surface area (Å²) >= 11 is 1.83. The maximum atomic E-state index is 5.43. The van der Waals surface area contributed by atoms with Gasteiger partial charge in [0.2, 0.25) is 0 Å². The number of hydrogen-bond donors (Lipinski definition) is 1. The van der Waals surface area contributed by atoms with Gasteiger partial charge >= 0.3 is 0 Å². The molecule has 1 aliphatic heterocycles. The average molecular weight is 297 g/mol. The van der Waals surface area contributed by atoms with Crippen molar-refractivity contribution in [1.29, 1.82) is 0 Å². The van der Waals surface area contributed by atoms with Crippen LogP contribution in [0.3, 0.4) is 0 Å². The van der Waals surface area contributed by atoms with E-state index in [-0.39, 0.29) is 5.54 Å². The Hall–Kier alpha value is -0.650. The van der Waals surface area contributed by atoms with E-state index in [1.165, 1.54) is 10.0 Å². The van der Waals surface area contributed by atoms with Crippen molar-refractivity contribution >= 4 is 16.5 Å². The minimum absolute atomic E-state index is 0.146. The smallest absolute Gasteiger partial charge is 0.185 e. The van der Waals surface area contributed by atoms with Crippen molar-refractivity contribution in [3.8, 4) is 0 Å². The van der Waals surface area contributed by atoms with E-state index in [1.807, 2.05) is 18.4 Å². The lowest BCUT2D eigenvalue weighted by atomic mass is 10.1. The molecular weight excluding hydrogens is 270 g/mol. The van der Waals surface area contributed by atoms with Gasteiger partial charge in [-0.25, -0.2) is 4.98 Å². The van der Waals surface area contributed by atoms with Gasteiger partial charge in [-0.05, 0) is 40.5 Å². The SMILES string of the molecule is COC1CCN(c2nc(C)c(CNC(C)(C)C)s2)CC1. The Morgan fingerprint density at radius 3 is 2.55 bits per heavy atom. The number of anilines is 1. The molecule has 2 rings (SSSR count). The summed E-state index contributed by atoms with van der Waals surface area (Å²) in [5, 5.41) is 4.71. The fourth-order valence-corrected chi connectivity index (χ4v) is 3.39. The molecule has 2 heterocycles. The summed E-state index contributed by atoms with van der Waals surface area (Å²) in [7, 11) is 1.81. The van der Waals surface area contributed by atoms with Gasteiger partial charge < -0.3 is 15.0 Å². The molecular formula is C15H27N3OS. The van der Waals surface area contributed by atoms with E-state index in [1.54, 1.807) is 0 Å².